The van der Waals surface area contributed by atoms with Crippen molar-refractivity contribution in [3.05, 3.63) is 23.9 Å². The van der Waals surface area contributed by atoms with Crippen molar-refractivity contribution in [2.75, 3.05) is 34.0 Å². The van der Waals surface area contributed by atoms with Crippen molar-refractivity contribution in [1.82, 2.24) is 10.3 Å². The first-order valence-electron chi connectivity index (χ1n) is 8.41. The van der Waals surface area contributed by atoms with Crippen LogP contribution in [0.15, 0.2) is 18.2 Å². The Morgan fingerprint density at radius 1 is 1.27 bits per heavy atom. The lowest BCUT2D eigenvalue weighted by Crippen LogP contribution is -2.34. The zero-order valence-corrected chi connectivity index (χ0v) is 14.8. The van der Waals surface area contributed by atoms with Crippen molar-refractivity contribution >= 4 is 22.8 Å². The molecule has 1 fully saturated rings. The Kier molecular flexibility index (Phi) is 5.62. The van der Waals surface area contributed by atoms with Crippen LogP contribution in [0, 0.1) is 0 Å². The van der Waals surface area contributed by atoms with Gasteiger partial charge in [-0.05, 0) is 25.0 Å². The minimum absolute atomic E-state index is 0.0470. The van der Waals surface area contributed by atoms with Crippen LogP contribution in [0.5, 0.6) is 11.5 Å². The molecule has 1 saturated heterocycles. The maximum Gasteiger partial charge on any atom is 0.355 e. The highest BCUT2D eigenvalue weighted by atomic mass is 16.5. The molecule has 1 aromatic heterocycles. The van der Waals surface area contributed by atoms with Crippen molar-refractivity contribution < 1.29 is 28.5 Å². The number of esters is 1. The molecule has 2 N–H and O–H groups in total. The average Bonchev–Trinajstić information content (AvgIpc) is 3.32. The lowest BCUT2D eigenvalue weighted by atomic mass is 10.2. The largest absolute Gasteiger partial charge is 0.497 e. The minimum Gasteiger partial charge on any atom is -0.497 e. The molecular weight excluding hydrogens is 340 g/mol. The van der Waals surface area contributed by atoms with E-state index in [9.17, 15) is 9.59 Å². The summed E-state index contributed by atoms with van der Waals surface area (Å²) in [6.07, 6.45) is 1.98. The van der Waals surface area contributed by atoms with Crippen molar-refractivity contribution in [3.8, 4) is 11.5 Å². The maximum absolute atomic E-state index is 12.2. The summed E-state index contributed by atoms with van der Waals surface area (Å²) in [4.78, 5) is 27.0. The Morgan fingerprint density at radius 2 is 2.12 bits per heavy atom. The fourth-order valence-electron chi connectivity index (χ4n) is 2.87. The van der Waals surface area contributed by atoms with Gasteiger partial charge in [0.2, 0.25) is 0 Å². The molecule has 8 heteroatoms. The van der Waals surface area contributed by atoms with E-state index in [2.05, 4.69) is 10.3 Å². The highest BCUT2D eigenvalue weighted by Crippen LogP contribution is 2.31. The summed E-state index contributed by atoms with van der Waals surface area (Å²) < 4.78 is 21.0. The number of carbonyl (C=O) groups is 2. The summed E-state index contributed by atoms with van der Waals surface area (Å²) in [7, 11) is 3.09. The van der Waals surface area contributed by atoms with Crippen LogP contribution in [0.1, 0.15) is 23.3 Å². The van der Waals surface area contributed by atoms with Gasteiger partial charge in [0, 0.05) is 24.6 Å². The summed E-state index contributed by atoms with van der Waals surface area (Å²) in [5.41, 5.74) is 0.890. The molecule has 0 spiro atoms. The number of carbonyl (C=O) groups excluding carboxylic acids is 2. The number of H-pyrrole nitrogens is 1. The number of hydrogen-bond acceptors (Lipinski definition) is 6. The van der Waals surface area contributed by atoms with E-state index in [1.165, 1.54) is 7.11 Å². The molecule has 0 radical (unpaired) electrons. The molecule has 2 heterocycles. The molecule has 140 valence electrons. The quantitative estimate of drug-likeness (QED) is 0.727. The molecule has 1 atom stereocenters. The molecule has 0 bridgehead atoms. The van der Waals surface area contributed by atoms with Gasteiger partial charge in [0.1, 0.15) is 17.2 Å². The zero-order valence-electron chi connectivity index (χ0n) is 14.8. The van der Waals surface area contributed by atoms with E-state index in [0.29, 0.717) is 23.6 Å². The van der Waals surface area contributed by atoms with E-state index in [0.717, 1.165) is 24.8 Å². The molecule has 3 rings (SSSR count). The number of methoxy groups -OCH3 is 2. The third-order valence-electron chi connectivity index (χ3n) is 4.23. The summed E-state index contributed by atoms with van der Waals surface area (Å²) >= 11 is 0. The van der Waals surface area contributed by atoms with Gasteiger partial charge in [0.05, 0.1) is 25.8 Å². The molecule has 8 nitrogen and oxygen atoms in total. The first-order chi connectivity index (χ1) is 12.6. The second kappa shape index (κ2) is 8.09. The summed E-state index contributed by atoms with van der Waals surface area (Å²) in [6.45, 7) is 0.811. The van der Waals surface area contributed by atoms with E-state index >= 15 is 0 Å². The molecule has 26 heavy (non-hydrogen) atoms. The number of aromatic amines is 1. The smallest absolute Gasteiger partial charge is 0.355 e. The third-order valence-corrected chi connectivity index (χ3v) is 4.23. The molecule has 1 aromatic carbocycles. The fraction of sp³-hybridized carbons (Fsp3) is 0.444. The minimum atomic E-state index is -0.616. The molecule has 1 aliphatic rings. The highest BCUT2D eigenvalue weighted by Gasteiger charge is 2.18. The normalized spacial score (nSPS) is 16.5. The van der Waals surface area contributed by atoms with Crippen LogP contribution in [-0.2, 0) is 14.3 Å². The Labute approximate surface area is 150 Å². The van der Waals surface area contributed by atoms with Crippen LogP contribution >= 0.6 is 0 Å². The zero-order chi connectivity index (χ0) is 18.5. The van der Waals surface area contributed by atoms with Gasteiger partial charge in [-0.15, -0.1) is 0 Å². The van der Waals surface area contributed by atoms with Gasteiger partial charge in [-0.3, -0.25) is 4.79 Å². The predicted octanol–water partition coefficient (Wildman–Crippen LogP) is 1.64. The second-order valence-electron chi connectivity index (χ2n) is 5.99. The number of hydrogen-bond donors (Lipinski definition) is 2. The van der Waals surface area contributed by atoms with Crippen LogP contribution < -0.4 is 14.8 Å². The Hall–Kier alpha value is -2.74. The summed E-state index contributed by atoms with van der Waals surface area (Å²) in [5.74, 6) is 0.188. The summed E-state index contributed by atoms with van der Waals surface area (Å²) in [5, 5.41) is 3.45. The van der Waals surface area contributed by atoms with E-state index in [4.69, 9.17) is 18.9 Å². The average molecular weight is 362 g/mol. The van der Waals surface area contributed by atoms with Gasteiger partial charge in [-0.2, -0.15) is 0 Å². The van der Waals surface area contributed by atoms with Crippen LogP contribution in [0.3, 0.4) is 0 Å². The topological polar surface area (TPSA) is 98.9 Å². The number of fused-ring (bicyclic) bond motifs is 1. The Balaban J connectivity index is 1.59. The van der Waals surface area contributed by atoms with Crippen LogP contribution in [0.25, 0.3) is 10.9 Å². The predicted molar refractivity (Wildman–Crippen MR) is 93.7 cm³/mol. The number of aromatic nitrogens is 1. The van der Waals surface area contributed by atoms with Crippen LogP contribution in [0.2, 0.25) is 0 Å². The number of rotatable bonds is 7. The number of amides is 1. The van der Waals surface area contributed by atoms with Crippen molar-refractivity contribution in [1.29, 1.82) is 0 Å². The Morgan fingerprint density at radius 3 is 2.81 bits per heavy atom. The second-order valence-corrected chi connectivity index (χ2v) is 5.99. The van der Waals surface area contributed by atoms with E-state index in [1.54, 1.807) is 25.3 Å². The molecule has 0 aliphatic carbocycles. The number of nitrogens with one attached hydrogen (secondary N) is 2. The fourth-order valence-corrected chi connectivity index (χ4v) is 2.87. The van der Waals surface area contributed by atoms with Gasteiger partial charge in [-0.25, -0.2) is 4.79 Å². The number of benzene rings is 1. The molecule has 2 aromatic rings. The SMILES string of the molecule is COc1cc(OC)c2[nH]c(C(=O)OCC(=O)NC[C@@H]3CCCO3)cc2c1. The van der Waals surface area contributed by atoms with Crippen molar-refractivity contribution in [2.24, 2.45) is 0 Å². The van der Waals surface area contributed by atoms with Gasteiger partial charge in [0.15, 0.2) is 6.61 Å². The van der Waals surface area contributed by atoms with Gasteiger partial charge < -0.3 is 29.2 Å². The Bertz CT molecular complexity index is 794. The first-order valence-corrected chi connectivity index (χ1v) is 8.41. The first kappa shape index (κ1) is 18.1. The van der Waals surface area contributed by atoms with Crippen molar-refractivity contribution in [3.63, 3.8) is 0 Å². The lowest BCUT2D eigenvalue weighted by Gasteiger charge is -2.10. The third kappa shape index (κ3) is 4.08. The molecule has 1 aliphatic heterocycles. The standard InChI is InChI=1S/C18H22N2O6/c1-23-13-6-11-7-14(20-17(11)15(8-13)24-2)18(22)26-10-16(21)19-9-12-4-3-5-25-12/h6-8,12,20H,3-5,9-10H2,1-2H3,(H,19,21)/t12-/m0/s1. The maximum atomic E-state index is 12.2. The van der Waals surface area contributed by atoms with Crippen molar-refractivity contribution in [2.45, 2.75) is 18.9 Å². The molecule has 0 saturated carbocycles. The summed E-state index contributed by atoms with van der Waals surface area (Å²) in [6, 6.07) is 5.12. The van der Waals surface area contributed by atoms with E-state index in [1.807, 2.05) is 0 Å². The van der Waals surface area contributed by atoms with E-state index < -0.39 is 5.97 Å². The molecule has 1 amide bonds. The highest BCUT2D eigenvalue weighted by molar-refractivity contribution is 5.98. The monoisotopic (exact) mass is 362 g/mol. The van der Waals surface area contributed by atoms with Gasteiger partial charge in [-0.1, -0.05) is 0 Å². The van der Waals surface area contributed by atoms with Gasteiger partial charge in [0.25, 0.3) is 5.91 Å². The molecular formula is C18H22N2O6. The van der Waals surface area contributed by atoms with Gasteiger partial charge >= 0.3 is 5.97 Å². The van der Waals surface area contributed by atoms with Crippen LogP contribution in [0.4, 0.5) is 0 Å². The van der Waals surface area contributed by atoms with Crippen LogP contribution in [-0.4, -0.2) is 56.9 Å². The lowest BCUT2D eigenvalue weighted by molar-refractivity contribution is -0.124. The number of ether oxygens (including phenoxy) is 4. The molecule has 0 unspecified atom stereocenters. The van der Waals surface area contributed by atoms with E-state index in [-0.39, 0.29) is 24.3 Å².